The lowest BCUT2D eigenvalue weighted by Gasteiger charge is -2.11. The Morgan fingerprint density at radius 3 is 1.59 bits per heavy atom. The molecule has 0 rings (SSSR count). The summed E-state index contributed by atoms with van der Waals surface area (Å²) >= 11 is 11.7. The van der Waals surface area contributed by atoms with Crippen LogP contribution in [0.2, 0.25) is 0 Å². The van der Waals surface area contributed by atoms with E-state index in [0.717, 1.165) is 25.7 Å². The standard InChI is InChI=1S/C12H21Cl2NO2/c1-3-5-7-9(13)11(16)15-12(17)10(14)8-6-4-2/h9-10H,3-8H2,1-2H3,(H,15,16,17). The van der Waals surface area contributed by atoms with Gasteiger partial charge in [0.15, 0.2) is 0 Å². The number of amides is 2. The molecule has 1 N–H and O–H groups in total. The lowest BCUT2D eigenvalue weighted by Crippen LogP contribution is -2.40. The maximum Gasteiger partial charge on any atom is 0.244 e. The van der Waals surface area contributed by atoms with E-state index < -0.39 is 22.6 Å². The van der Waals surface area contributed by atoms with E-state index in [0.29, 0.717) is 12.8 Å². The molecule has 0 aliphatic heterocycles. The lowest BCUT2D eigenvalue weighted by molar-refractivity contribution is -0.130. The van der Waals surface area contributed by atoms with Gasteiger partial charge < -0.3 is 0 Å². The molecule has 0 aromatic rings. The second kappa shape index (κ2) is 9.72. The van der Waals surface area contributed by atoms with Gasteiger partial charge in [0.2, 0.25) is 11.8 Å². The van der Waals surface area contributed by atoms with Crippen LogP contribution >= 0.6 is 23.2 Å². The summed E-state index contributed by atoms with van der Waals surface area (Å²) in [7, 11) is 0. The molecule has 0 saturated carbocycles. The highest BCUT2D eigenvalue weighted by atomic mass is 35.5. The van der Waals surface area contributed by atoms with Gasteiger partial charge in [0.1, 0.15) is 10.8 Å². The molecule has 0 heterocycles. The number of hydrogen-bond acceptors (Lipinski definition) is 2. The van der Waals surface area contributed by atoms with Crippen LogP contribution in [0.15, 0.2) is 0 Å². The molecule has 0 aromatic heterocycles. The molecular formula is C12H21Cl2NO2. The molecule has 0 saturated heterocycles. The molecule has 0 bridgehead atoms. The first-order chi connectivity index (χ1) is 8.02. The van der Waals surface area contributed by atoms with Crippen molar-refractivity contribution in [3.8, 4) is 0 Å². The van der Waals surface area contributed by atoms with Crippen molar-refractivity contribution >= 4 is 35.0 Å². The first-order valence-corrected chi connectivity index (χ1v) is 7.03. The van der Waals surface area contributed by atoms with E-state index in [1.54, 1.807) is 0 Å². The molecule has 2 unspecified atom stereocenters. The smallest absolute Gasteiger partial charge is 0.244 e. The molecular weight excluding hydrogens is 261 g/mol. The number of carbonyl (C=O) groups excluding carboxylic acids is 2. The van der Waals surface area contributed by atoms with E-state index >= 15 is 0 Å². The number of alkyl halides is 2. The van der Waals surface area contributed by atoms with Crippen molar-refractivity contribution in [1.82, 2.24) is 5.32 Å². The highest BCUT2D eigenvalue weighted by Crippen LogP contribution is 2.10. The number of unbranched alkanes of at least 4 members (excludes halogenated alkanes) is 2. The third-order valence-electron chi connectivity index (χ3n) is 2.44. The normalized spacial score (nSPS) is 14.1. The third-order valence-corrected chi connectivity index (χ3v) is 3.27. The summed E-state index contributed by atoms with van der Waals surface area (Å²) in [5.41, 5.74) is 0. The zero-order valence-corrected chi connectivity index (χ0v) is 12.0. The Labute approximate surface area is 113 Å². The number of halogens is 2. The van der Waals surface area contributed by atoms with E-state index in [-0.39, 0.29) is 0 Å². The van der Waals surface area contributed by atoms with Gasteiger partial charge in [0, 0.05) is 0 Å². The first kappa shape index (κ1) is 16.7. The Morgan fingerprint density at radius 1 is 0.941 bits per heavy atom. The van der Waals surface area contributed by atoms with Crippen LogP contribution in [0.5, 0.6) is 0 Å². The predicted molar refractivity (Wildman–Crippen MR) is 71.5 cm³/mol. The molecule has 0 radical (unpaired) electrons. The van der Waals surface area contributed by atoms with Gasteiger partial charge in [-0.05, 0) is 12.8 Å². The van der Waals surface area contributed by atoms with Gasteiger partial charge >= 0.3 is 0 Å². The van der Waals surface area contributed by atoms with E-state index in [1.807, 2.05) is 13.8 Å². The molecule has 0 aliphatic carbocycles. The zero-order chi connectivity index (χ0) is 13.3. The number of nitrogens with one attached hydrogen (secondary N) is 1. The number of carbonyl (C=O) groups is 2. The fourth-order valence-electron chi connectivity index (χ4n) is 1.31. The molecule has 0 aliphatic rings. The van der Waals surface area contributed by atoms with Crippen LogP contribution in [0.1, 0.15) is 52.4 Å². The van der Waals surface area contributed by atoms with Crippen molar-refractivity contribution in [1.29, 1.82) is 0 Å². The Balaban J connectivity index is 3.97. The topological polar surface area (TPSA) is 46.2 Å². The Bertz CT molecular complexity index is 223. The maximum absolute atomic E-state index is 11.5. The fourth-order valence-corrected chi connectivity index (χ4v) is 1.72. The summed E-state index contributed by atoms with van der Waals surface area (Å²) in [5.74, 6) is -0.875. The van der Waals surface area contributed by atoms with Crippen LogP contribution in [0.3, 0.4) is 0 Å². The van der Waals surface area contributed by atoms with Crippen LogP contribution in [0.4, 0.5) is 0 Å². The van der Waals surface area contributed by atoms with E-state index in [9.17, 15) is 9.59 Å². The van der Waals surface area contributed by atoms with Crippen molar-refractivity contribution in [3.63, 3.8) is 0 Å². The predicted octanol–water partition coefficient (Wildman–Crippen LogP) is 3.22. The Kier molecular flexibility index (Phi) is 9.56. The van der Waals surface area contributed by atoms with Gasteiger partial charge in [-0.1, -0.05) is 39.5 Å². The van der Waals surface area contributed by atoms with Crippen molar-refractivity contribution in [2.24, 2.45) is 0 Å². The highest BCUT2D eigenvalue weighted by molar-refractivity contribution is 6.35. The number of hydrogen-bond donors (Lipinski definition) is 1. The quantitative estimate of drug-likeness (QED) is 0.695. The number of rotatable bonds is 8. The lowest BCUT2D eigenvalue weighted by atomic mass is 10.1. The molecule has 17 heavy (non-hydrogen) atoms. The van der Waals surface area contributed by atoms with Crippen LogP contribution in [-0.2, 0) is 9.59 Å². The highest BCUT2D eigenvalue weighted by Gasteiger charge is 2.21. The van der Waals surface area contributed by atoms with Gasteiger partial charge in [-0.25, -0.2) is 0 Å². The molecule has 2 amide bonds. The minimum Gasteiger partial charge on any atom is -0.294 e. The summed E-state index contributed by atoms with van der Waals surface area (Å²) in [5, 5.41) is 0.967. The average Bonchev–Trinajstić information content (AvgIpc) is 2.32. The minimum atomic E-state index is -0.644. The average molecular weight is 282 g/mol. The molecule has 3 nitrogen and oxygen atoms in total. The number of imide groups is 1. The largest absolute Gasteiger partial charge is 0.294 e. The molecule has 100 valence electrons. The van der Waals surface area contributed by atoms with Crippen LogP contribution in [-0.4, -0.2) is 22.6 Å². The first-order valence-electron chi connectivity index (χ1n) is 6.15. The summed E-state index contributed by atoms with van der Waals surface area (Å²) in [6.07, 6.45) is 4.85. The van der Waals surface area contributed by atoms with E-state index in [1.165, 1.54) is 0 Å². The van der Waals surface area contributed by atoms with Crippen LogP contribution < -0.4 is 5.32 Å². The van der Waals surface area contributed by atoms with Gasteiger partial charge in [0.05, 0.1) is 0 Å². The van der Waals surface area contributed by atoms with Gasteiger partial charge in [-0.2, -0.15) is 0 Å². The minimum absolute atomic E-state index is 0.438. The monoisotopic (exact) mass is 281 g/mol. The van der Waals surface area contributed by atoms with E-state index in [2.05, 4.69) is 5.32 Å². The van der Waals surface area contributed by atoms with E-state index in [4.69, 9.17) is 23.2 Å². The van der Waals surface area contributed by atoms with Crippen molar-refractivity contribution in [2.75, 3.05) is 0 Å². The summed E-state index contributed by atoms with van der Waals surface area (Å²) in [4.78, 5) is 23.0. The maximum atomic E-state index is 11.5. The fraction of sp³-hybridized carbons (Fsp3) is 0.833. The molecule has 5 heteroatoms. The molecule has 0 aromatic carbocycles. The van der Waals surface area contributed by atoms with Crippen molar-refractivity contribution in [3.05, 3.63) is 0 Å². The summed E-state index contributed by atoms with van der Waals surface area (Å²) < 4.78 is 0. The van der Waals surface area contributed by atoms with Crippen LogP contribution in [0.25, 0.3) is 0 Å². The van der Waals surface area contributed by atoms with Crippen molar-refractivity contribution < 1.29 is 9.59 Å². The summed E-state index contributed by atoms with van der Waals surface area (Å²) in [6.45, 7) is 4.04. The second-order valence-electron chi connectivity index (χ2n) is 4.07. The van der Waals surface area contributed by atoms with Gasteiger partial charge in [-0.3, -0.25) is 14.9 Å². The van der Waals surface area contributed by atoms with Gasteiger partial charge in [-0.15, -0.1) is 23.2 Å². The second-order valence-corrected chi connectivity index (χ2v) is 5.13. The van der Waals surface area contributed by atoms with Crippen molar-refractivity contribution in [2.45, 2.75) is 63.1 Å². The van der Waals surface area contributed by atoms with Crippen LogP contribution in [0, 0.1) is 0 Å². The molecule has 2 atom stereocenters. The molecule has 0 spiro atoms. The SMILES string of the molecule is CCCCC(Cl)C(=O)NC(=O)C(Cl)CCCC. The Hall–Kier alpha value is -0.280. The molecule has 0 fully saturated rings. The third kappa shape index (κ3) is 7.61. The Morgan fingerprint density at radius 2 is 1.29 bits per heavy atom. The summed E-state index contributed by atoms with van der Waals surface area (Å²) in [6, 6.07) is 0. The van der Waals surface area contributed by atoms with Gasteiger partial charge in [0.25, 0.3) is 0 Å². The zero-order valence-electron chi connectivity index (χ0n) is 10.5.